The van der Waals surface area contributed by atoms with Crippen LogP contribution in [-0.4, -0.2) is 43.8 Å². The number of rotatable bonds is 5. The number of amides is 1. The van der Waals surface area contributed by atoms with Gasteiger partial charge in [0.1, 0.15) is 0 Å². The molecular weight excluding hydrogens is 242 g/mol. The number of carbonyl (C=O) groups is 1. The number of morpholine rings is 1. The lowest BCUT2D eigenvalue weighted by Crippen LogP contribution is -2.48. The first kappa shape index (κ1) is 13.8. The summed E-state index contributed by atoms with van der Waals surface area (Å²) in [6, 6.07) is 7.59. The Hall–Kier alpha value is -1.59. The zero-order chi connectivity index (χ0) is 13.5. The van der Waals surface area contributed by atoms with Crippen molar-refractivity contribution in [2.75, 3.05) is 38.2 Å². The molecule has 1 aliphatic rings. The number of nitrogens with one attached hydrogen (secondary N) is 2. The molecule has 1 aliphatic heterocycles. The van der Waals surface area contributed by atoms with E-state index in [4.69, 9.17) is 4.74 Å². The Balaban J connectivity index is 2.00. The van der Waals surface area contributed by atoms with Gasteiger partial charge in [-0.2, -0.15) is 0 Å². The van der Waals surface area contributed by atoms with Gasteiger partial charge in [-0.25, -0.2) is 5.01 Å². The summed E-state index contributed by atoms with van der Waals surface area (Å²) in [4.78, 5) is 12.3. The maximum Gasteiger partial charge on any atom is 0.267 e. The van der Waals surface area contributed by atoms with Crippen LogP contribution in [0.15, 0.2) is 24.3 Å². The normalized spacial score (nSPS) is 16.1. The summed E-state index contributed by atoms with van der Waals surface area (Å²) in [7, 11) is 0. The molecule has 0 unspecified atom stereocenters. The van der Waals surface area contributed by atoms with Crippen LogP contribution >= 0.6 is 0 Å². The molecule has 0 aliphatic carbocycles. The van der Waals surface area contributed by atoms with Gasteiger partial charge in [0.05, 0.1) is 18.8 Å². The molecule has 1 aromatic rings. The van der Waals surface area contributed by atoms with Crippen molar-refractivity contribution in [3.8, 4) is 0 Å². The molecule has 2 rings (SSSR count). The highest BCUT2D eigenvalue weighted by Gasteiger charge is 2.16. The molecule has 5 nitrogen and oxygen atoms in total. The standard InChI is InChI=1S/C14H21N3O2/c1-2-7-15-13-6-4-3-5-12(13)14(18)16-17-8-10-19-11-9-17/h3-6,15H,2,7-11H2,1H3,(H,16,18). The van der Waals surface area contributed by atoms with Gasteiger partial charge in [-0.3, -0.25) is 10.2 Å². The summed E-state index contributed by atoms with van der Waals surface area (Å²) in [5, 5.41) is 5.18. The highest BCUT2D eigenvalue weighted by atomic mass is 16.5. The van der Waals surface area contributed by atoms with Crippen molar-refractivity contribution in [2.24, 2.45) is 0 Å². The quantitative estimate of drug-likeness (QED) is 0.845. The molecule has 0 atom stereocenters. The van der Waals surface area contributed by atoms with Crippen LogP contribution in [0.5, 0.6) is 0 Å². The summed E-state index contributed by atoms with van der Waals surface area (Å²) in [6.45, 7) is 5.75. The van der Waals surface area contributed by atoms with E-state index in [9.17, 15) is 4.79 Å². The van der Waals surface area contributed by atoms with Crippen molar-refractivity contribution in [1.29, 1.82) is 0 Å². The van der Waals surface area contributed by atoms with E-state index in [-0.39, 0.29) is 5.91 Å². The molecule has 1 heterocycles. The second-order valence-corrected chi connectivity index (χ2v) is 4.51. The van der Waals surface area contributed by atoms with Gasteiger partial charge >= 0.3 is 0 Å². The number of hydrogen-bond donors (Lipinski definition) is 2. The predicted molar refractivity (Wildman–Crippen MR) is 75.1 cm³/mol. The SMILES string of the molecule is CCCNc1ccccc1C(=O)NN1CCOCC1. The van der Waals surface area contributed by atoms with Gasteiger partial charge in [0, 0.05) is 25.3 Å². The first-order valence-corrected chi connectivity index (χ1v) is 6.78. The van der Waals surface area contributed by atoms with Gasteiger partial charge in [0.25, 0.3) is 5.91 Å². The monoisotopic (exact) mass is 263 g/mol. The van der Waals surface area contributed by atoms with Crippen LogP contribution in [0.3, 0.4) is 0 Å². The third-order valence-electron chi connectivity index (χ3n) is 3.01. The number of ether oxygens (including phenoxy) is 1. The van der Waals surface area contributed by atoms with Crippen LogP contribution in [0.4, 0.5) is 5.69 Å². The molecule has 0 aromatic heterocycles. The lowest BCUT2D eigenvalue weighted by molar-refractivity contribution is 0.0126. The van der Waals surface area contributed by atoms with Crippen molar-refractivity contribution >= 4 is 11.6 Å². The summed E-state index contributed by atoms with van der Waals surface area (Å²) < 4.78 is 5.26. The fourth-order valence-electron chi connectivity index (χ4n) is 1.97. The van der Waals surface area contributed by atoms with E-state index in [1.54, 1.807) is 0 Å². The number of carbonyl (C=O) groups excluding carboxylic acids is 1. The van der Waals surface area contributed by atoms with Gasteiger partial charge in [0.2, 0.25) is 0 Å². The molecule has 0 bridgehead atoms. The van der Waals surface area contributed by atoms with Gasteiger partial charge in [0.15, 0.2) is 0 Å². The maximum atomic E-state index is 12.3. The third-order valence-corrected chi connectivity index (χ3v) is 3.01. The zero-order valence-corrected chi connectivity index (χ0v) is 11.3. The van der Waals surface area contributed by atoms with Crippen molar-refractivity contribution in [1.82, 2.24) is 10.4 Å². The Labute approximate surface area is 113 Å². The average molecular weight is 263 g/mol. The van der Waals surface area contributed by atoms with Crippen molar-refractivity contribution in [3.05, 3.63) is 29.8 Å². The topological polar surface area (TPSA) is 53.6 Å². The summed E-state index contributed by atoms with van der Waals surface area (Å²) in [6.07, 6.45) is 1.03. The predicted octanol–water partition coefficient (Wildman–Crippen LogP) is 1.49. The molecule has 1 amide bonds. The second kappa shape index (κ2) is 7.11. The molecule has 1 fully saturated rings. The van der Waals surface area contributed by atoms with E-state index in [1.165, 1.54) is 0 Å². The molecule has 5 heteroatoms. The fourth-order valence-corrected chi connectivity index (χ4v) is 1.97. The Bertz CT molecular complexity index is 417. The molecule has 104 valence electrons. The second-order valence-electron chi connectivity index (χ2n) is 4.51. The van der Waals surface area contributed by atoms with Gasteiger partial charge in [-0.1, -0.05) is 19.1 Å². The molecule has 0 spiro atoms. The number of hydrazine groups is 1. The minimum atomic E-state index is -0.0684. The van der Waals surface area contributed by atoms with E-state index >= 15 is 0 Å². The summed E-state index contributed by atoms with van der Waals surface area (Å²) in [5.74, 6) is -0.0684. The minimum absolute atomic E-state index is 0.0684. The highest BCUT2D eigenvalue weighted by Crippen LogP contribution is 2.15. The van der Waals surface area contributed by atoms with E-state index in [2.05, 4.69) is 17.7 Å². The van der Waals surface area contributed by atoms with E-state index < -0.39 is 0 Å². The smallest absolute Gasteiger partial charge is 0.267 e. The number of anilines is 1. The number of nitrogens with zero attached hydrogens (tertiary/aromatic N) is 1. The molecule has 19 heavy (non-hydrogen) atoms. The Kier molecular flexibility index (Phi) is 5.18. The summed E-state index contributed by atoms with van der Waals surface area (Å²) in [5.41, 5.74) is 4.49. The van der Waals surface area contributed by atoms with E-state index in [1.807, 2.05) is 29.3 Å². The number of hydrogen-bond acceptors (Lipinski definition) is 4. The van der Waals surface area contributed by atoms with Crippen LogP contribution in [-0.2, 0) is 4.74 Å². The first-order valence-electron chi connectivity index (χ1n) is 6.78. The van der Waals surface area contributed by atoms with Crippen LogP contribution in [0.25, 0.3) is 0 Å². The lowest BCUT2D eigenvalue weighted by Gasteiger charge is -2.27. The molecule has 0 radical (unpaired) electrons. The number of benzene rings is 1. The van der Waals surface area contributed by atoms with Crippen LogP contribution in [0.1, 0.15) is 23.7 Å². The average Bonchev–Trinajstić information content (AvgIpc) is 2.46. The van der Waals surface area contributed by atoms with Crippen molar-refractivity contribution < 1.29 is 9.53 Å². The Morgan fingerprint density at radius 2 is 2.05 bits per heavy atom. The van der Waals surface area contributed by atoms with Crippen LogP contribution in [0.2, 0.25) is 0 Å². The van der Waals surface area contributed by atoms with Crippen LogP contribution in [0, 0.1) is 0 Å². The van der Waals surface area contributed by atoms with E-state index in [0.29, 0.717) is 18.8 Å². The lowest BCUT2D eigenvalue weighted by atomic mass is 10.1. The molecular formula is C14H21N3O2. The van der Waals surface area contributed by atoms with Crippen molar-refractivity contribution in [3.63, 3.8) is 0 Å². The summed E-state index contributed by atoms with van der Waals surface area (Å²) >= 11 is 0. The molecule has 1 aromatic carbocycles. The van der Waals surface area contributed by atoms with Gasteiger partial charge in [-0.15, -0.1) is 0 Å². The zero-order valence-electron chi connectivity index (χ0n) is 11.3. The van der Waals surface area contributed by atoms with Crippen LogP contribution < -0.4 is 10.7 Å². The van der Waals surface area contributed by atoms with Gasteiger partial charge < -0.3 is 10.1 Å². The molecule has 0 saturated carbocycles. The Morgan fingerprint density at radius 3 is 2.79 bits per heavy atom. The number of para-hydroxylation sites is 1. The Morgan fingerprint density at radius 1 is 1.32 bits per heavy atom. The van der Waals surface area contributed by atoms with Crippen molar-refractivity contribution in [2.45, 2.75) is 13.3 Å². The maximum absolute atomic E-state index is 12.3. The third kappa shape index (κ3) is 3.94. The first-order chi connectivity index (χ1) is 9.31. The van der Waals surface area contributed by atoms with Gasteiger partial charge in [-0.05, 0) is 18.6 Å². The van der Waals surface area contributed by atoms with E-state index in [0.717, 1.165) is 31.7 Å². The molecule has 2 N–H and O–H groups in total. The largest absolute Gasteiger partial charge is 0.384 e. The minimum Gasteiger partial charge on any atom is -0.384 e. The highest BCUT2D eigenvalue weighted by molar-refractivity contribution is 5.99. The fraction of sp³-hybridized carbons (Fsp3) is 0.500. The molecule has 1 saturated heterocycles.